The van der Waals surface area contributed by atoms with Crippen molar-refractivity contribution in [2.45, 2.75) is 210 Å². The Morgan fingerprint density at radius 2 is 0.971 bits per heavy atom. The second-order valence-corrected chi connectivity index (χ2v) is 28.3. The minimum Gasteiger partial charge on any atom is -0.440 e. The number of hydrogen-bond donors (Lipinski definition) is 0. The van der Waals surface area contributed by atoms with Crippen LogP contribution in [0.4, 0.5) is 5.69 Å². The Bertz CT molecular complexity index is 2600. The van der Waals surface area contributed by atoms with Gasteiger partial charge in [0.25, 0.3) is 0 Å². The molecule has 368 valence electrons. The van der Waals surface area contributed by atoms with E-state index >= 15 is 0 Å². The number of pyridine rings is 1. The van der Waals surface area contributed by atoms with Crippen molar-refractivity contribution in [3.8, 4) is 0 Å². The highest BCUT2D eigenvalue weighted by Crippen LogP contribution is 2.37. The molecule has 3 aromatic carbocycles. The van der Waals surface area contributed by atoms with Gasteiger partial charge in [-0.1, -0.05) is 197 Å². The van der Waals surface area contributed by atoms with Gasteiger partial charge in [-0.15, -0.1) is 11.3 Å². The molecule has 7 aromatic rings. The van der Waals surface area contributed by atoms with Crippen molar-refractivity contribution in [1.29, 1.82) is 0 Å². The highest BCUT2D eigenvalue weighted by molar-refractivity contribution is 7.18. The van der Waals surface area contributed by atoms with Crippen molar-refractivity contribution >= 4 is 49.7 Å². The van der Waals surface area contributed by atoms with Crippen LogP contribution in [0.2, 0.25) is 0 Å². The van der Waals surface area contributed by atoms with Crippen molar-refractivity contribution in [3.05, 3.63) is 124 Å². The van der Waals surface area contributed by atoms with Crippen LogP contribution in [-0.4, -0.2) is 25.1 Å². The lowest BCUT2D eigenvalue weighted by Gasteiger charge is -2.20. The fourth-order valence-electron chi connectivity index (χ4n) is 7.32. The number of aliphatic imine (C=N–C) groups is 1. The molecule has 0 aliphatic carbocycles. The van der Waals surface area contributed by atoms with E-state index in [0.29, 0.717) is 0 Å². The van der Waals surface area contributed by atoms with Gasteiger partial charge in [-0.3, -0.25) is 4.99 Å². The Morgan fingerprint density at radius 1 is 0.456 bits per heavy atom. The first kappa shape index (κ1) is 54.3. The molecule has 0 saturated heterocycles. The third-order valence-electron chi connectivity index (χ3n) is 12.3. The Kier molecular flexibility index (Phi) is 15.1. The Hall–Kier alpha value is -4.62. The van der Waals surface area contributed by atoms with Crippen molar-refractivity contribution in [1.82, 2.24) is 19.4 Å². The maximum absolute atomic E-state index is 5.86. The van der Waals surface area contributed by atoms with E-state index in [1.165, 1.54) is 48.9 Å². The number of rotatable bonds is 0. The maximum atomic E-state index is 5.86. The molecule has 6 nitrogen and oxygen atoms in total. The smallest absolute Gasteiger partial charge is 0.200 e. The van der Waals surface area contributed by atoms with Crippen LogP contribution < -0.4 is 0 Å². The average molecular weight is 938 g/mol. The van der Waals surface area contributed by atoms with Gasteiger partial charge in [-0.25, -0.2) is 15.0 Å². The SMILES string of the molecule is CC(C)(C)C1=Nc2ccc(C(C)(C)C)cc2C1.CC(C)(C)c1ccc2nc(C(C)(C)C)cn2c1.CC(C)(C)c1ccc2nc(C(C)(C)C)oc2c1.CC(C)(C)c1ccc2nc(C(C)(C)C)sc2c1. The van der Waals surface area contributed by atoms with Gasteiger partial charge in [0.05, 0.1) is 26.6 Å². The zero-order valence-electron chi connectivity index (χ0n) is 46.8. The third kappa shape index (κ3) is 13.8. The molecule has 5 heterocycles. The standard InChI is InChI=1S/C16H23N.C15H22N2.C15H21NO.C15H21NS/c1-15(2,3)12-7-8-13-11(9-12)10-14(17-13)16(4,5)6;1-14(2,3)11-7-8-13-16-12(15(4,5)6)10-17(13)9-11;2*1-14(2,3)10-7-8-11-12(9-10)17-13(16-11)15(4,5)6/h7-9H,10H2,1-6H3;7-10H,1-6H3;2*7-9H,1-6H3. The van der Waals surface area contributed by atoms with E-state index in [1.807, 2.05) is 11.3 Å². The van der Waals surface area contributed by atoms with E-state index in [2.05, 4.69) is 260 Å². The average Bonchev–Trinajstić information content (AvgIpc) is 3.99. The summed E-state index contributed by atoms with van der Waals surface area (Å²) in [5, 5.41) is 1.22. The number of imidazole rings is 1. The van der Waals surface area contributed by atoms with Crippen LogP contribution in [0.3, 0.4) is 0 Å². The fourth-order valence-corrected chi connectivity index (χ4v) is 8.38. The molecule has 68 heavy (non-hydrogen) atoms. The molecular formula is C61H87N5OS. The Balaban J connectivity index is 0.000000169. The van der Waals surface area contributed by atoms with E-state index in [4.69, 9.17) is 14.4 Å². The second-order valence-electron chi connectivity index (χ2n) is 27.3. The first-order chi connectivity index (χ1) is 30.7. The molecule has 0 bridgehead atoms. The van der Waals surface area contributed by atoms with Crippen LogP contribution in [0, 0.1) is 5.41 Å². The Labute approximate surface area is 415 Å². The van der Waals surface area contributed by atoms with E-state index in [9.17, 15) is 0 Å². The van der Waals surface area contributed by atoms with Gasteiger partial charge in [0, 0.05) is 46.2 Å². The van der Waals surface area contributed by atoms with Crippen LogP contribution in [0.15, 0.2) is 88.5 Å². The molecule has 0 N–H and O–H groups in total. The predicted octanol–water partition coefficient (Wildman–Crippen LogP) is 17.9. The molecule has 4 aromatic heterocycles. The minimum absolute atomic E-state index is 0.0408. The van der Waals surface area contributed by atoms with Crippen molar-refractivity contribution in [2.75, 3.05) is 0 Å². The molecule has 0 atom stereocenters. The molecular weight excluding hydrogens is 851 g/mol. The van der Waals surface area contributed by atoms with Gasteiger partial charge in [0.1, 0.15) is 11.2 Å². The quantitative estimate of drug-likeness (QED) is 0.152. The molecule has 0 unspecified atom stereocenters. The largest absolute Gasteiger partial charge is 0.440 e. The van der Waals surface area contributed by atoms with E-state index < -0.39 is 0 Å². The highest BCUT2D eigenvalue weighted by Gasteiger charge is 2.27. The molecule has 1 aliphatic rings. The first-order valence-electron chi connectivity index (χ1n) is 24.8. The monoisotopic (exact) mass is 938 g/mol. The molecule has 0 amide bonds. The summed E-state index contributed by atoms with van der Waals surface area (Å²) in [6.45, 7) is 53.1. The minimum atomic E-state index is -0.0408. The summed E-state index contributed by atoms with van der Waals surface area (Å²) in [5.41, 5.74) is 15.6. The number of benzene rings is 3. The maximum Gasteiger partial charge on any atom is 0.200 e. The van der Waals surface area contributed by atoms with Gasteiger partial charge >= 0.3 is 0 Å². The predicted molar refractivity (Wildman–Crippen MR) is 296 cm³/mol. The van der Waals surface area contributed by atoms with Crippen molar-refractivity contribution in [3.63, 3.8) is 0 Å². The number of aromatic nitrogens is 4. The summed E-state index contributed by atoms with van der Waals surface area (Å²) in [6, 6.07) is 24.0. The second kappa shape index (κ2) is 18.9. The number of oxazole rings is 1. The summed E-state index contributed by atoms with van der Waals surface area (Å²) in [4.78, 5) is 18.7. The molecule has 8 rings (SSSR count). The van der Waals surface area contributed by atoms with Crippen molar-refractivity contribution in [2.24, 2.45) is 10.4 Å². The number of hydrogen-bond acceptors (Lipinski definition) is 6. The van der Waals surface area contributed by atoms with Gasteiger partial charge in [0.2, 0.25) is 5.89 Å². The van der Waals surface area contributed by atoms with E-state index in [0.717, 1.165) is 40.3 Å². The third-order valence-corrected chi connectivity index (χ3v) is 13.7. The summed E-state index contributed by atoms with van der Waals surface area (Å²) in [6.07, 6.45) is 5.35. The lowest BCUT2D eigenvalue weighted by molar-refractivity contribution is 0.410. The zero-order valence-corrected chi connectivity index (χ0v) is 47.6. The van der Waals surface area contributed by atoms with Crippen LogP contribution in [-0.2, 0) is 44.3 Å². The van der Waals surface area contributed by atoms with Crippen LogP contribution in [0.5, 0.6) is 0 Å². The molecule has 0 spiro atoms. The topological polar surface area (TPSA) is 68.6 Å². The molecule has 1 aliphatic heterocycles. The summed E-state index contributed by atoms with van der Waals surface area (Å²) in [7, 11) is 0. The first-order valence-corrected chi connectivity index (χ1v) is 25.6. The lowest BCUT2D eigenvalue weighted by atomic mass is 9.84. The van der Waals surface area contributed by atoms with E-state index in [1.54, 1.807) is 0 Å². The zero-order chi connectivity index (χ0) is 51.4. The van der Waals surface area contributed by atoms with Crippen LogP contribution in [0.1, 0.15) is 211 Å². The normalized spacial score (nSPS) is 13.9. The van der Waals surface area contributed by atoms with Crippen LogP contribution in [0.25, 0.3) is 27.0 Å². The molecule has 0 fully saturated rings. The summed E-state index contributed by atoms with van der Waals surface area (Å²) in [5.74, 6) is 0.804. The van der Waals surface area contributed by atoms with Crippen LogP contribution >= 0.6 is 11.3 Å². The Morgan fingerprint density at radius 3 is 1.49 bits per heavy atom. The summed E-state index contributed by atoms with van der Waals surface area (Å²) >= 11 is 1.82. The number of nitrogens with zero attached hydrogens (tertiary/aromatic N) is 5. The lowest BCUT2D eigenvalue weighted by Crippen LogP contribution is -2.20. The van der Waals surface area contributed by atoms with Gasteiger partial charge in [0.15, 0.2) is 5.58 Å². The molecule has 0 radical (unpaired) electrons. The fraction of sp³-hybridized carbons (Fsp3) is 0.541. The molecule has 7 heteroatoms. The highest BCUT2D eigenvalue weighted by atomic mass is 32.1. The van der Waals surface area contributed by atoms with Crippen molar-refractivity contribution < 1.29 is 4.42 Å². The van der Waals surface area contributed by atoms with Gasteiger partial charge < -0.3 is 8.82 Å². The van der Waals surface area contributed by atoms with E-state index in [-0.39, 0.29) is 43.3 Å². The number of fused-ring (bicyclic) bond motifs is 4. The molecule has 0 saturated carbocycles. The van der Waals surface area contributed by atoms with Gasteiger partial charge in [-0.2, -0.15) is 0 Å². The number of thiazole rings is 1. The summed E-state index contributed by atoms with van der Waals surface area (Å²) < 4.78 is 9.30. The van der Waals surface area contributed by atoms with Gasteiger partial charge in [-0.05, 0) is 85.9 Å².